The Balaban J connectivity index is 1.33. The van der Waals surface area contributed by atoms with Crippen LogP contribution in [-0.2, 0) is 16.8 Å². The SMILES string of the molecule is Cc1ccccc1C1=CC=CC(c2cnc(N3CCN(C)CC3)nc2)(c2nc3cc(CN4CCC[C@H]4C(=O)O)c(OC(F)F)cc3o2)C1C. The van der Waals surface area contributed by atoms with E-state index >= 15 is 0 Å². The fourth-order valence-electron chi connectivity index (χ4n) is 7.51. The molecule has 0 spiro atoms. The Labute approximate surface area is 283 Å². The summed E-state index contributed by atoms with van der Waals surface area (Å²) in [5.74, 6) is -0.167. The van der Waals surface area contributed by atoms with E-state index in [1.807, 2.05) is 30.6 Å². The zero-order valence-corrected chi connectivity index (χ0v) is 27.9. The number of aryl methyl sites for hydroxylation is 1. The molecule has 0 radical (unpaired) electrons. The van der Waals surface area contributed by atoms with Gasteiger partial charge in [0.2, 0.25) is 11.8 Å². The first kappa shape index (κ1) is 32.8. The number of likely N-dealkylation sites (tertiary alicyclic amines) is 1. The van der Waals surface area contributed by atoms with Crippen LogP contribution in [0.4, 0.5) is 14.7 Å². The van der Waals surface area contributed by atoms with E-state index in [-0.39, 0.29) is 23.8 Å². The van der Waals surface area contributed by atoms with Crippen molar-refractivity contribution in [2.45, 2.75) is 51.3 Å². The molecule has 0 bridgehead atoms. The molecule has 4 heterocycles. The van der Waals surface area contributed by atoms with E-state index < -0.39 is 24.0 Å². The number of anilines is 1. The van der Waals surface area contributed by atoms with Crippen LogP contribution in [0.25, 0.3) is 16.7 Å². The molecule has 0 amide bonds. The minimum absolute atomic E-state index is 0.0668. The molecule has 3 atom stereocenters. The molecule has 2 fully saturated rings. The Morgan fingerprint density at radius 1 is 1.12 bits per heavy atom. The molecular weight excluding hydrogens is 630 g/mol. The third kappa shape index (κ3) is 6.19. The van der Waals surface area contributed by atoms with Gasteiger partial charge in [0.15, 0.2) is 5.58 Å². The largest absolute Gasteiger partial charge is 0.480 e. The number of ether oxygens (including phenoxy) is 1. The third-order valence-corrected chi connectivity index (χ3v) is 10.3. The van der Waals surface area contributed by atoms with Gasteiger partial charge in [-0.1, -0.05) is 49.4 Å². The summed E-state index contributed by atoms with van der Waals surface area (Å²) in [6.45, 7) is 5.32. The maximum atomic E-state index is 13.7. The van der Waals surface area contributed by atoms with Crippen molar-refractivity contribution in [3.05, 3.63) is 95.2 Å². The normalized spacial score (nSPS) is 23.4. The zero-order valence-electron chi connectivity index (χ0n) is 27.9. The Hall–Kier alpha value is -4.68. The van der Waals surface area contributed by atoms with Crippen molar-refractivity contribution >= 4 is 28.6 Å². The molecule has 2 aromatic carbocycles. The fraction of sp³-hybridized carbons (Fsp3) is 0.405. The number of carboxylic acid groups (broad SMARTS) is 1. The summed E-state index contributed by atoms with van der Waals surface area (Å²) in [4.78, 5) is 32.8. The van der Waals surface area contributed by atoms with Crippen molar-refractivity contribution in [2.75, 3.05) is 44.7 Å². The number of fused-ring (bicyclic) bond motifs is 1. The van der Waals surface area contributed by atoms with E-state index in [9.17, 15) is 18.7 Å². The van der Waals surface area contributed by atoms with E-state index in [2.05, 4.69) is 55.0 Å². The second-order valence-corrected chi connectivity index (χ2v) is 13.2. The average Bonchev–Trinajstić information content (AvgIpc) is 3.73. The lowest BCUT2D eigenvalue weighted by Crippen LogP contribution is -2.45. The van der Waals surface area contributed by atoms with Crippen LogP contribution in [0.5, 0.6) is 5.75 Å². The number of aliphatic carboxylic acids is 1. The van der Waals surface area contributed by atoms with Crippen LogP contribution in [0.2, 0.25) is 0 Å². The Morgan fingerprint density at radius 2 is 1.88 bits per heavy atom. The van der Waals surface area contributed by atoms with Crippen LogP contribution in [0, 0.1) is 12.8 Å². The molecule has 2 aliphatic heterocycles. The summed E-state index contributed by atoms with van der Waals surface area (Å²) < 4.78 is 38.8. The van der Waals surface area contributed by atoms with Crippen molar-refractivity contribution in [2.24, 2.45) is 5.92 Å². The number of carbonyl (C=O) groups is 1. The quantitative estimate of drug-likeness (QED) is 0.231. The number of nitrogens with zero attached hydrogens (tertiary/aromatic N) is 6. The van der Waals surface area contributed by atoms with Gasteiger partial charge in [0.1, 0.15) is 17.3 Å². The molecular formula is C37H40F2N6O4. The van der Waals surface area contributed by atoms with Gasteiger partial charge < -0.3 is 24.1 Å². The number of hydrogen-bond acceptors (Lipinski definition) is 9. The van der Waals surface area contributed by atoms with E-state index in [1.54, 1.807) is 11.0 Å². The second kappa shape index (κ2) is 13.3. The summed E-state index contributed by atoms with van der Waals surface area (Å²) >= 11 is 0. The lowest BCUT2D eigenvalue weighted by Gasteiger charge is -2.38. The lowest BCUT2D eigenvalue weighted by atomic mass is 9.65. The number of carboxylic acids is 1. The molecule has 7 rings (SSSR count). The van der Waals surface area contributed by atoms with Crippen LogP contribution in [0.3, 0.4) is 0 Å². The topological polar surface area (TPSA) is 108 Å². The number of aromatic nitrogens is 3. The molecule has 4 aromatic rings. The maximum Gasteiger partial charge on any atom is 0.387 e. The van der Waals surface area contributed by atoms with Crippen LogP contribution in [0.1, 0.15) is 47.9 Å². The van der Waals surface area contributed by atoms with Crippen LogP contribution in [-0.4, -0.2) is 88.3 Å². The van der Waals surface area contributed by atoms with Gasteiger partial charge in [0.05, 0.1) is 5.41 Å². The Kier molecular flexibility index (Phi) is 8.93. The van der Waals surface area contributed by atoms with E-state index in [4.69, 9.17) is 24.1 Å². The molecule has 1 N–H and O–H groups in total. The minimum atomic E-state index is -3.07. The maximum absolute atomic E-state index is 13.7. The summed E-state index contributed by atoms with van der Waals surface area (Å²) in [5.41, 5.74) is 4.31. The molecule has 49 heavy (non-hydrogen) atoms. The summed E-state index contributed by atoms with van der Waals surface area (Å²) in [5, 5.41) is 9.73. The van der Waals surface area contributed by atoms with Crippen LogP contribution in [0.15, 0.2) is 71.4 Å². The standard InChI is InChI=1S/C37H40F2N6O4/c1-23-8-4-5-9-27(23)28-10-6-12-37(24(28)2,26-20-40-36(41-21-26)44-16-14-43(3)15-17-44)34-42-29-18-25(22-45-13-7-11-30(45)33(46)47)31(49-35(38)39)19-32(29)48-34/h4-6,8-10,12,18-21,24,30,35H,7,11,13-17,22H2,1-3H3,(H,46,47)/t24?,30-,37?/m0/s1. The third-order valence-electron chi connectivity index (χ3n) is 10.3. The number of hydrogen-bond donors (Lipinski definition) is 1. The van der Waals surface area contributed by atoms with Gasteiger partial charge >= 0.3 is 12.6 Å². The predicted octanol–water partition coefficient (Wildman–Crippen LogP) is 5.90. The molecule has 2 saturated heterocycles. The zero-order chi connectivity index (χ0) is 34.3. The minimum Gasteiger partial charge on any atom is -0.480 e. The summed E-state index contributed by atoms with van der Waals surface area (Å²) in [7, 11) is 2.10. The highest BCUT2D eigenvalue weighted by atomic mass is 19.3. The molecule has 3 aliphatic rings. The molecule has 2 aromatic heterocycles. The van der Waals surface area contributed by atoms with Gasteiger partial charge in [-0.05, 0) is 56.1 Å². The number of halogens is 2. The Bertz CT molecular complexity index is 1900. The van der Waals surface area contributed by atoms with Crippen molar-refractivity contribution in [1.82, 2.24) is 24.8 Å². The first-order chi connectivity index (χ1) is 23.6. The fourth-order valence-corrected chi connectivity index (χ4v) is 7.51. The van der Waals surface area contributed by atoms with Gasteiger partial charge in [-0.25, -0.2) is 15.0 Å². The highest BCUT2D eigenvalue weighted by molar-refractivity contribution is 5.79. The van der Waals surface area contributed by atoms with E-state index in [0.717, 1.165) is 48.4 Å². The number of allylic oxidation sites excluding steroid dienone is 4. The van der Waals surface area contributed by atoms with Gasteiger partial charge in [-0.15, -0.1) is 0 Å². The van der Waals surface area contributed by atoms with Gasteiger partial charge in [0, 0.05) is 68.2 Å². The van der Waals surface area contributed by atoms with Gasteiger partial charge in [0.25, 0.3) is 0 Å². The number of oxazole rings is 1. The average molecular weight is 671 g/mol. The summed E-state index contributed by atoms with van der Waals surface area (Å²) in [6, 6.07) is 10.6. The van der Waals surface area contributed by atoms with Crippen molar-refractivity contribution in [1.29, 1.82) is 0 Å². The van der Waals surface area contributed by atoms with Crippen LogP contribution < -0.4 is 9.64 Å². The van der Waals surface area contributed by atoms with Crippen molar-refractivity contribution < 1.29 is 27.8 Å². The molecule has 0 saturated carbocycles. The van der Waals surface area contributed by atoms with Crippen LogP contribution >= 0.6 is 0 Å². The number of benzene rings is 2. The number of rotatable bonds is 9. The highest BCUT2D eigenvalue weighted by Crippen LogP contribution is 2.49. The Morgan fingerprint density at radius 3 is 2.59 bits per heavy atom. The van der Waals surface area contributed by atoms with E-state index in [1.165, 1.54) is 6.07 Å². The number of likely N-dealkylation sites (N-methyl/N-ethyl adjacent to an activating group) is 1. The number of piperazine rings is 1. The van der Waals surface area contributed by atoms with Gasteiger partial charge in [-0.2, -0.15) is 8.78 Å². The molecule has 256 valence electrons. The molecule has 2 unspecified atom stereocenters. The number of alkyl halides is 2. The molecule has 12 heteroatoms. The molecule has 10 nitrogen and oxygen atoms in total. The van der Waals surface area contributed by atoms with Crippen molar-refractivity contribution in [3.8, 4) is 5.75 Å². The first-order valence-electron chi connectivity index (χ1n) is 16.7. The lowest BCUT2D eigenvalue weighted by molar-refractivity contribution is -0.142. The highest BCUT2D eigenvalue weighted by Gasteiger charge is 2.46. The first-order valence-corrected chi connectivity index (χ1v) is 16.7. The monoisotopic (exact) mass is 670 g/mol. The van der Waals surface area contributed by atoms with Crippen molar-refractivity contribution in [3.63, 3.8) is 0 Å². The smallest absolute Gasteiger partial charge is 0.387 e. The van der Waals surface area contributed by atoms with E-state index in [0.29, 0.717) is 42.3 Å². The van der Waals surface area contributed by atoms with Gasteiger partial charge in [-0.3, -0.25) is 9.69 Å². The second-order valence-electron chi connectivity index (χ2n) is 13.2. The predicted molar refractivity (Wildman–Crippen MR) is 182 cm³/mol. The molecule has 1 aliphatic carbocycles. The summed E-state index contributed by atoms with van der Waals surface area (Å²) in [6.07, 6.45) is 11.0.